The van der Waals surface area contributed by atoms with Gasteiger partial charge in [-0.05, 0) is 55.2 Å². The third kappa shape index (κ3) is 4.82. The molecular weight excluding hydrogens is 419 g/mol. The number of rotatable bonds is 5. The van der Waals surface area contributed by atoms with Crippen molar-refractivity contribution in [2.45, 2.75) is 24.7 Å². The third-order valence-electron chi connectivity index (χ3n) is 4.95. The first-order valence-electron chi connectivity index (χ1n) is 9.16. The Hall–Kier alpha value is -2.32. The predicted octanol–water partition coefficient (Wildman–Crippen LogP) is 4.16. The number of methoxy groups -OCH3 is 1. The van der Waals surface area contributed by atoms with Gasteiger partial charge in [0.15, 0.2) is 0 Å². The number of halogens is 2. The molecule has 1 aliphatic heterocycles. The highest BCUT2D eigenvalue weighted by Crippen LogP contribution is 2.28. The van der Waals surface area contributed by atoms with Crippen LogP contribution in [0.2, 0.25) is 5.02 Å². The summed E-state index contributed by atoms with van der Waals surface area (Å²) in [5.74, 6) is -0.0600. The second-order valence-electron chi connectivity index (χ2n) is 7.07. The van der Waals surface area contributed by atoms with E-state index >= 15 is 0 Å². The van der Waals surface area contributed by atoms with Crippen LogP contribution >= 0.6 is 11.6 Å². The molecule has 29 heavy (non-hydrogen) atoms. The minimum Gasteiger partial charge on any atom is -0.496 e. The van der Waals surface area contributed by atoms with Gasteiger partial charge in [0.25, 0.3) is 15.9 Å². The summed E-state index contributed by atoms with van der Waals surface area (Å²) in [5, 5.41) is -0.199. The number of sulfonamides is 1. The number of hydrogen-bond donors (Lipinski definition) is 1. The Kier molecular flexibility index (Phi) is 6.33. The normalized spacial score (nSPS) is 15.2. The maximum atomic E-state index is 13.3. The van der Waals surface area contributed by atoms with Gasteiger partial charge in [-0.2, -0.15) is 0 Å². The van der Waals surface area contributed by atoms with Gasteiger partial charge in [0.05, 0.1) is 28.3 Å². The van der Waals surface area contributed by atoms with Crippen LogP contribution in [0.4, 0.5) is 10.1 Å². The highest BCUT2D eigenvalue weighted by atomic mass is 35.5. The lowest BCUT2D eigenvalue weighted by Gasteiger charge is -2.30. The summed E-state index contributed by atoms with van der Waals surface area (Å²) in [6.45, 7) is 3.38. The molecule has 0 atom stereocenters. The van der Waals surface area contributed by atoms with Crippen molar-refractivity contribution in [3.05, 3.63) is 52.8 Å². The molecule has 0 aromatic heterocycles. The van der Waals surface area contributed by atoms with E-state index in [2.05, 4.69) is 11.6 Å². The maximum absolute atomic E-state index is 13.3. The van der Waals surface area contributed by atoms with Gasteiger partial charge in [-0.25, -0.2) is 12.8 Å². The van der Waals surface area contributed by atoms with Gasteiger partial charge < -0.3 is 9.64 Å². The Labute approximate surface area is 174 Å². The van der Waals surface area contributed by atoms with Gasteiger partial charge in [-0.3, -0.25) is 9.52 Å². The largest absolute Gasteiger partial charge is 0.496 e. The van der Waals surface area contributed by atoms with E-state index in [-0.39, 0.29) is 27.1 Å². The van der Waals surface area contributed by atoms with Crippen molar-refractivity contribution in [2.75, 3.05) is 24.9 Å². The maximum Gasteiger partial charge on any atom is 0.261 e. The molecule has 1 N–H and O–H groups in total. The average Bonchev–Trinajstić information content (AvgIpc) is 2.70. The molecule has 9 heteroatoms. The summed E-state index contributed by atoms with van der Waals surface area (Å²) in [6, 6.07) is 7.61. The van der Waals surface area contributed by atoms with Gasteiger partial charge in [-0.15, -0.1) is 0 Å². The molecule has 2 aromatic rings. The van der Waals surface area contributed by atoms with Crippen molar-refractivity contribution < 1.29 is 22.3 Å². The lowest BCUT2D eigenvalue weighted by Crippen LogP contribution is -2.38. The van der Waals surface area contributed by atoms with Crippen molar-refractivity contribution in [2.24, 2.45) is 5.92 Å². The third-order valence-corrected chi connectivity index (χ3v) is 6.62. The number of amides is 1. The first-order chi connectivity index (χ1) is 13.7. The first-order valence-corrected chi connectivity index (χ1v) is 11.0. The molecule has 1 heterocycles. The van der Waals surface area contributed by atoms with Crippen molar-refractivity contribution in [3.63, 3.8) is 0 Å². The number of carbonyl (C=O) groups excluding carboxylic acids is 1. The van der Waals surface area contributed by atoms with Gasteiger partial charge in [-0.1, -0.05) is 18.5 Å². The van der Waals surface area contributed by atoms with E-state index in [1.54, 1.807) is 4.90 Å². The van der Waals surface area contributed by atoms with Crippen LogP contribution in [0.1, 0.15) is 30.1 Å². The van der Waals surface area contributed by atoms with E-state index in [1.165, 1.54) is 37.4 Å². The molecule has 1 saturated heterocycles. The highest BCUT2D eigenvalue weighted by Gasteiger charge is 2.26. The summed E-state index contributed by atoms with van der Waals surface area (Å²) in [4.78, 5) is 14.6. The summed E-state index contributed by atoms with van der Waals surface area (Å²) in [5.41, 5.74) is 0.298. The molecular formula is C20H22ClFN2O4S. The quantitative estimate of drug-likeness (QED) is 0.757. The number of anilines is 1. The number of likely N-dealkylation sites (tertiary alicyclic amines) is 1. The van der Waals surface area contributed by atoms with E-state index in [0.29, 0.717) is 24.8 Å². The number of nitrogens with zero attached hydrogens (tertiary/aromatic N) is 1. The molecule has 0 unspecified atom stereocenters. The van der Waals surface area contributed by atoms with E-state index in [1.807, 2.05) is 0 Å². The summed E-state index contributed by atoms with van der Waals surface area (Å²) in [7, 11) is -2.59. The molecule has 156 valence electrons. The number of benzene rings is 2. The molecule has 0 spiro atoms. The Morgan fingerprint density at radius 2 is 1.90 bits per heavy atom. The molecule has 1 amide bonds. The van der Waals surface area contributed by atoms with Crippen LogP contribution in [0, 0.1) is 11.7 Å². The van der Waals surface area contributed by atoms with Gasteiger partial charge in [0.2, 0.25) is 0 Å². The first kappa shape index (κ1) is 21.4. The van der Waals surface area contributed by atoms with Gasteiger partial charge in [0.1, 0.15) is 11.6 Å². The molecule has 6 nitrogen and oxygen atoms in total. The molecule has 1 aliphatic rings. The van der Waals surface area contributed by atoms with Crippen LogP contribution in [0.25, 0.3) is 0 Å². The van der Waals surface area contributed by atoms with Crippen LogP contribution in [0.3, 0.4) is 0 Å². The molecule has 2 aromatic carbocycles. The van der Waals surface area contributed by atoms with Crippen molar-refractivity contribution in [3.8, 4) is 5.75 Å². The Bertz CT molecular complexity index is 1020. The van der Waals surface area contributed by atoms with Crippen LogP contribution in [-0.2, 0) is 10.0 Å². The monoisotopic (exact) mass is 440 g/mol. The van der Waals surface area contributed by atoms with Crippen LogP contribution in [0.5, 0.6) is 5.75 Å². The average molecular weight is 441 g/mol. The molecule has 0 bridgehead atoms. The summed E-state index contributed by atoms with van der Waals surface area (Å²) in [6.07, 6.45) is 1.80. The van der Waals surface area contributed by atoms with Crippen molar-refractivity contribution >= 4 is 33.2 Å². The van der Waals surface area contributed by atoms with Crippen molar-refractivity contribution in [1.82, 2.24) is 4.90 Å². The fourth-order valence-electron chi connectivity index (χ4n) is 3.18. The molecule has 1 fully saturated rings. The zero-order valence-corrected chi connectivity index (χ0v) is 17.7. The molecule has 0 radical (unpaired) electrons. The standard InChI is InChI=1S/C20H22ClFN2O4S/c1-13-7-9-24(10-8-13)20(25)16-12-15(4-6-19(16)28-2)29(26,27)23-14-3-5-18(22)17(21)11-14/h3-6,11-13,23H,7-10H2,1-2H3. The predicted molar refractivity (Wildman–Crippen MR) is 110 cm³/mol. The number of nitrogens with one attached hydrogen (secondary N) is 1. The topological polar surface area (TPSA) is 75.7 Å². The van der Waals surface area contributed by atoms with Crippen LogP contribution in [0.15, 0.2) is 41.3 Å². The fourth-order valence-corrected chi connectivity index (χ4v) is 4.43. The van der Waals surface area contributed by atoms with Gasteiger partial charge in [0, 0.05) is 13.1 Å². The van der Waals surface area contributed by atoms with E-state index < -0.39 is 15.8 Å². The highest BCUT2D eigenvalue weighted by molar-refractivity contribution is 7.92. The van der Waals surface area contributed by atoms with Crippen molar-refractivity contribution in [1.29, 1.82) is 0 Å². The lowest BCUT2D eigenvalue weighted by molar-refractivity contribution is 0.0693. The summed E-state index contributed by atoms with van der Waals surface area (Å²) < 4.78 is 46.5. The number of piperidine rings is 1. The Morgan fingerprint density at radius 1 is 1.21 bits per heavy atom. The summed E-state index contributed by atoms with van der Waals surface area (Å²) >= 11 is 5.71. The zero-order valence-electron chi connectivity index (χ0n) is 16.1. The van der Waals surface area contributed by atoms with Crippen LogP contribution in [-0.4, -0.2) is 39.4 Å². The molecule has 0 saturated carbocycles. The fraction of sp³-hybridized carbons (Fsp3) is 0.350. The molecule has 3 rings (SSSR count). The van der Waals surface area contributed by atoms with E-state index in [0.717, 1.165) is 18.9 Å². The second kappa shape index (κ2) is 8.59. The Morgan fingerprint density at radius 3 is 2.52 bits per heavy atom. The molecule has 0 aliphatic carbocycles. The lowest BCUT2D eigenvalue weighted by atomic mass is 9.98. The minimum absolute atomic E-state index is 0.104. The second-order valence-corrected chi connectivity index (χ2v) is 9.16. The van der Waals surface area contributed by atoms with E-state index in [4.69, 9.17) is 16.3 Å². The minimum atomic E-state index is -4.02. The van der Waals surface area contributed by atoms with Gasteiger partial charge >= 0.3 is 0 Å². The SMILES string of the molecule is COc1ccc(S(=O)(=O)Nc2ccc(F)c(Cl)c2)cc1C(=O)N1CCC(C)CC1. The van der Waals surface area contributed by atoms with Crippen LogP contribution < -0.4 is 9.46 Å². The zero-order chi connectivity index (χ0) is 21.2. The Balaban J connectivity index is 1.90. The number of hydrogen-bond acceptors (Lipinski definition) is 4. The number of carbonyl (C=O) groups is 1. The van der Waals surface area contributed by atoms with E-state index in [9.17, 15) is 17.6 Å². The smallest absolute Gasteiger partial charge is 0.261 e. The number of ether oxygens (including phenoxy) is 1.